The zero-order valence-electron chi connectivity index (χ0n) is 13.5. The highest BCUT2D eigenvalue weighted by Gasteiger charge is 2.19. The molecule has 0 aliphatic carbocycles. The summed E-state index contributed by atoms with van der Waals surface area (Å²) >= 11 is 0. The van der Waals surface area contributed by atoms with E-state index in [1.54, 1.807) is 4.52 Å². The summed E-state index contributed by atoms with van der Waals surface area (Å²) < 4.78 is 34.4. The van der Waals surface area contributed by atoms with Crippen LogP contribution in [0.25, 0.3) is 16.6 Å². The van der Waals surface area contributed by atoms with Crippen molar-refractivity contribution in [1.82, 2.24) is 19.5 Å². The number of fused-ring (bicyclic) bond motifs is 1. The number of rotatable bonds is 3. The molecule has 1 saturated heterocycles. The van der Waals surface area contributed by atoms with Gasteiger partial charge in [-0.2, -0.15) is 5.10 Å². The van der Waals surface area contributed by atoms with Gasteiger partial charge in [-0.3, -0.25) is 4.90 Å². The van der Waals surface area contributed by atoms with Crippen LogP contribution in [-0.2, 0) is 11.3 Å². The first-order chi connectivity index (χ1) is 12.1. The zero-order valence-corrected chi connectivity index (χ0v) is 13.5. The Hall–Kier alpha value is -2.58. The number of hydrogen-bond acceptors (Lipinski definition) is 5. The minimum atomic E-state index is -0.639. The monoisotopic (exact) mass is 345 g/mol. The third kappa shape index (κ3) is 3.06. The van der Waals surface area contributed by atoms with Crippen molar-refractivity contribution in [3.63, 3.8) is 0 Å². The Morgan fingerprint density at radius 3 is 2.52 bits per heavy atom. The smallest absolute Gasteiger partial charge is 0.151 e. The van der Waals surface area contributed by atoms with Crippen LogP contribution in [0.5, 0.6) is 0 Å². The predicted octanol–water partition coefficient (Wildman–Crippen LogP) is 2.09. The molecule has 2 aromatic heterocycles. The molecule has 0 unspecified atom stereocenters. The lowest BCUT2D eigenvalue weighted by atomic mass is 10.1. The number of benzene rings is 1. The SMILES string of the molecule is Nc1ncnn2c(CN3CCOCC3)cc(-c3cc(F)cc(F)c3)c12. The molecule has 25 heavy (non-hydrogen) atoms. The van der Waals surface area contributed by atoms with Gasteiger partial charge >= 0.3 is 0 Å². The number of nitrogens with two attached hydrogens (primary N) is 1. The largest absolute Gasteiger partial charge is 0.382 e. The van der Waals surface area contributed by atoms with Gasteiger partial charge in [0.25, 0.3) is 0 Å². The van der Waals surface area contributed by atoms with Gasteiger partial charge in [-0.1, -0.05) is 0 Å². The molecule has 2 N–H and O–H groups in total. The van der Waals surface area contributed by atoms with E-state index in [9.17, 15) is 8.78 Å². The first-order valence-corrected chi connectivity index (χ1v) is 7.99. The highest BCUT2D eigenvalue weighted by atomic mass is 19.1. The summed E-state index contributed by atoms with van der Waals surface area (Å²) in [5.41, 5.74) is 8.47. The molecule has 3 heterocycles. The summed E-state index contributed by atoms with van der Waals surface area (Å²) in [6.45, 7) is 3.64. The van der Waals surface area contributed by atoms with E-state index in [2.05, 4.69) is 15.0 Å². The van der Waals surface area contributed by atoms with E-state index in [0.717, 1.165) is 24.8 Å². The standard InChI is InChI=1S/C17H17F2N5O/c18-12-5-11(6-13(19)7-12)15-8-14(9-23-1-3-25-4-2-23)24-16(15)17(20)21-10-22-24/h5-8,10H,1-4,9H2,(H2,20,21,22). The van der Waals surface area contributed by atoms with Crippen LogP contribution in [0.1, 0.15) is 5.69 Å². The van der Waals surface area contributed by atoms with E-state index in [1.165, 1.54) is 18.5 Å². The highest BCUT2D eigenvalue weighted by Crippen LogP contribution is 2.31. The molecular formula is C17H17F2N5O. The fraction of sp³-hybridized carbons (Fsp3) is 0.294. The molecule has 6 nitrogen and oxygen atoms in total. The van der Waals surface area contributed by atoms with Crippen LogP contribution in [0.15, 0.2) is 30.6 Å². The molecule has 1 aliphatic heterocycles. The molecule has 1 aliphatic rings. The van der Waals surface area contributed by atoms with Gasteiger partial charge in [-0.25, -0.2) is 18.3 Å². The Balaban J connectivity index is 1.83. The maximum absolute atomic E-state index is 13.7. The predicted molar refractivity (Wildman–Crippen MR) is 88.8 cm³/mol. The lowest BCUT2D eigenvalue weighted by Gasteiger charge is -2.26. The molecule has 1 fully saturated rings. The second kappa shape index (κ2) is 6.38. The third-order valence-electron chi connectivity index (χ3n) is 4.32. The van der Waals surface area contributed by atoms with Crippen LogP contribution in [0.3, 0.4) is 0 Å². The Bertz CT molecular complexity index is 901. The quantitative estimate of drug-likeness (QED) is 0.787. The van der Waals surface area contributed by atoms with Gasteiger partial charge in [0.05, 0.1) is 18.9 Å². The number of nitrogens with zero attached hydrogens (tertiary/aromatic N) is 4. The highest BCUT2D eigenvalue weighted by molar-refractivity contribution is 5.88. The molecule has 4 rings (SSSR count). The summed E-state index contributed by atoms with van der Waals surface area (Å²) in [6, 6.07) is 5.27. The van der Waals surface area contributed by atoms with E-state index < -0.39 is 11.6 Å². The third-order valence-corrected chi connectivity index (χ3v) is 4.32. The van der Waals surface area contributed by atoms with Crippen molar-refractivity contribution in [1.29, 1.82) is 0 Å². The second-order valence-corrected chi connectivity index (χ2v) is 6.00. The summed E-state index contributed by atoms with van der Waals surface area (Å²) in [4.78, 5) is 6.26. The maximum Gasteiger partial charge on any atom is 0.151 e. The van der Waals surface area contributed by atoms with Crippen molar-refractivity contribution >= 4 is 11.3 Å². The van der Waals surface area contributed by atoms with Crippen LogP contribution < -0.4 is 5.73 Å². The fourth-order valence-electron chi connectivity index (χ4n) is 3.16. The average Bonchev–Trinajstić information content (AvgIpc) is 2.95. The minimum Gasteiger partial charge on any atom is -0.382 e. The number of nitrogen functional groups attached to an aromatic ring is 1. The number of halogens is 2. The Morgan fingerprint density at radius 2 is 1.80 bits per heavy atom. The van der Waals surface area contributed by atoms with E-state index in [1.807, 2.05) is 6.07 Å². The van der Waals surface area contributed by atoms with Gasteiger partial charge in [-0.05, 0) is 23.8 Å². The van der Waals surface area contributed by atoms with Gasteiger partial charge < -0.3 is 10.5 Å². The van der Waals surface area contributed by atoms with Gasteiger partial charge in [-0.15, -0.1) is 0 Å². The normalized spacial score (nSPS) is 15.8. The van der Waals surface area contributed by atoms with Gasteiger partial charge in [0.2, 0.25) is 0 Å². The lowest BCUT2D eigenvalue weighted by Crippen LogP contribution is -2.36. The molecular weight excluding hydrogens is 328 g/mol. The Labute approximate surface area is 142 Å². The minimum absolute atomic E-state index is 0.267. The number of morpholine rings is 1. The van der Waals surface area contributed by atoms with E-state index in [0.29, 0.717) is 36.4 Å². The van der Waals surface area contributed by atoms with Crippen molar-refractivity contribution < 1.29 is 13.5 Å². The first kappa shape index (κ1) is 15.9. The molecule has 0 amide bonds. The first-order valence-electron chi connectivity index (χ1n) is 7.99. The van der Waals surface area contributed by atoms with Crippen LogP contribution in [-0.4, -0.2) is 45.8 Å². The van der Waals surface area contributed by atoms with Crippen LogP contribution in [0.4, 0.5) is 14.6 Å². The Kier molecular flexibility index (Phi) is 4.06. The van der Waals surface area contributed by atoms with Crippen LogP contribution >= 0.6 is 0 Å². The van der Waals surface area contributed by atoms with E-state index in [4.69, 9.17) is 10.5 Å². The Morgan fingerprint density at radius 1 is 1.08 bits per heavy atom. The molecule has 0 bridgehead atoms. The maximum atomic E-state index is 13.7. The van der Waals surface area contributed by atoms with Gasteiger partial charge in [0.1, 0.15) is 23.5 Å². The molecule has 130 valence electrons. The van der Waals surface area contributed by atoms with Crippen LogP contribution in [0, 0.1) is 11.6 Å². The van der Waals surface area contributed by atoms with Gasteiger partial charge in [0.15, 0.2) is 5.82 Å². The van der Waals surface area contributed by atoms with Crippen molar-refractivity contribution in [2.45, 2.75) is 6.54 Å². The van der Waals surface area contributed by atoms with Crippen molar-refractivity contribution in [3.8, 4) is 11.1 Å². The molecule has 1 aromatic carbocycles. The number of hydrogen-bond donors (Lipinski definition) is 1. The summed E-state index contributed by atoms with van der Waals surface area (Å²) in [7, 11) is 0. The van der Waals surface area contributed by atoms with Crippen molar-refractivity contribution in [2.24, 2.45) is 0 Å². The topological polar surface area (TPSA) is 68.7 Å². The number of aromatic nitrogens is 3. The van der Waals surface area contributed by atoms with E-state index >= 15 is 0 Å². The molecule has 0 radical (unpaired) electrons. The summed E-state index contributed by atoms with van der Waals surface area (Å²) in [6.07, 6.45) is 1.38. The van der Waals surface area contributed by atoms with Gasteiger partial charge in [0, 0.05) is 31.3 Å². The molecule has 3 aromatic rings. The molecule has 0 saturated carbocycles. The number of ether oxygens (including phenoxy) is 1. The molecule has 0 atom stereocenters. The summed E-state index contributed by atoms with van der Waals surface area (Å²) in [5.74, 6) is -1.01. The fourth-order valence-corrected chi connectivity index (χ4v) is 3.16. The second-order valence-electron chi connectivity index (χ2n) is 6.00. The zero-order chi connectivity index (χ0) is 17.4. The van der Waals surface area contributed by atoms with Crippen molar-refractivity contribution in [3.05, 3.63) is 47.9 Å². The summed E-state index contributed by atoms with van der Waals surface area (Å²) in [5, 5.41) is 4.28. The van der Waals surface area contributed by atoms with Crippen LogP contribution in [0.2, 0.25) is 0 Å². The lowest BCUT2D eigenvalue weighted by molar-refractivity contribution is 0.0334. The molecule has 0 spiro atoms. The average molecular weight is 345 g/mol. The van der Waals surface area contributed by atoms with Crippen molar-refractivity contribution in [2.75, 3.05) is 32.0 Å². The van der Waals surface area contributed by atoms with E-state index in [-0.39, 0.29) is 5.82 Å². The molecule has 8 heteroatoms. The number of anilines is 1.